The number of halogens is 1. The Morgan fingerprint density at radius 1 is 1.39 bits per heavy atom. The second-order valence-electron chi connectivity index (χ2n) is 6.76. The maximum Gasteiger partial charge on any atom is 0.243 e. The average molecular weight is 318 g/mol. The van der Waals surface area contributed by atoms with E-state index in [2.05, 4.69) is 28.9 Å². The molecule has 5 nitrogen and oxygen atoms in total. The van der Waals surface area contributed by atoms with Crippen LogP contribution < -0.4 is 5.73 Å². The summed E-state index contributed by atoms with van der Waals surface area (Å²) in [6.45, 7) is 6.92. The van der Waals surface area contributed by atoms with E-state index in [0.29, 0.717) is 24.7 Å². The van der Waals surface area contributed by atoms with Crippen LogP contribution in [-0.4, -0.2) is 34.7 Å². The van der Waals surface area contributed by atoms with Gasteiger partial charge in [0.2, 0.25) is 5.89 Å². The lowest BCUT2D eigenvalue weighted by molar-refractivity contribution is 0.188. The summed E-state index contributed by atoms with van der Waals surface area (Å²) in [5.74, 6) is 1.01. The number of likely N-dealkylation sites (tertiary alicyclic amines) is 1. The lowest BCUT2D eigenvalue weighted by atomic mass is 9.90. The Kier molecular flexibility index (Phi) is 4.46. The predicted molar refractivity (Wildman–Crippen MR) is 85.3 cm³/mol. The van der Waals surface area contributed by atoms with E-state index >= 15 is 0 Å². The topological polar surface area (TPSA) is 68.2 Å². The van der Waals surface area contributed by atoms with Crippen molar-refractivity contribution < 1.29 is 8.91 Å². The third kappa shape index (κ3) is 3.59. The van der Waals surface area contributed by atoms with Gasteiger partial charge in [-0.1, -0.05) is 24.2 Å². The van der Waals surface area contributed by atoms with Gasteiger partial charge < -0.3 is 10.3 Å². The third-order valence-electron chi connectivity index (χ3n) is 4.74. The van der Waals surface area contributed by atoms with Crippen LogP contribution in [0.5, 0.6) is 0 Å². The van der Waals surface area contributed by atoms with Crippen molar-refractivity contribution in [1.29, 1.82) is 0 Å². The molecule has 1 fully saturated rings. The van der Waals surface area contributed by atoms with E-state index in [1.165, 1.54) is 12.1 Å². The van der Waals surface area contributed by atoms with E-state index in [1.54, 1.807) is 12.1 Å². The van der Waals surface area contributed by atoms with Gasteiger partial charge in [-0.05, 0) is 49.5 Å². The first kappa shape index (κ1) is 16.1. The number of nitrogens with two attached hydrogens (primary N) is 1. The fourth-order valence-corrected chi connectivity index (χ4v) is 3.01. The molecular formula is C17H23FN4O. The van der Waals surface area contributed by atoms with Crippen molar-refractivity contribution in [3.8, 4) is 0 Å². The van der Waals surface area contributed by atoms with Gasteiger partial charge in [-0.3, -0.25) is 4.90 Å². The Labute approximate surface area is 135 Å². The summed E-state index contributed by atoms with van der Waals surface area (Å²) in [7, 11) is 0. The van der Waals surface area contributed by atoms with Crippen molar-refractivity contribution in [1.82, 2.24) is 15.0 Å². The average Bonchev–Trinajstić information content (AvgIpc) is 3.17. The molecule has 0 radical (unpaired) electrons. The van der Waals surface area contributed by atoms with Crippen molar-refractivity contribution in [3.05, 3.63) is 47.4 Å². The van der Waals surface area contributed by atoms with E-state index in [1.807, 2.05) is 0 Å². The molecule has 0 spiro atoms. The minimum absolute atomic E-state index is 0.0813. The lowest BCUT2D eigenvalue weighted by Crippen LogP contribution is -2.32. The molecule has 2 N–H and O–H groups in total. The molecule has 2 heterocycles. The van der Waals surface area contributed by atoms with E-state index in [9.17, 15) is 4.39 Å². The van der Waals surface area contributed by atoms with Crippen LogP contribution in [0.15, 0.2) is 28.8 Å². The number of nitrogens with zero attached hydrogens (tertiary/aromatic N) is 3. The largest absolute Gasteiger partial charge is 0.338 e. The molecule has 2 unspecified atom stereocenters. The summed E-state index contributed by atoms with van der Waals surface area (Å²) in [6, 6.07) is 6.44. The molecule has 1 aliphatic rings. The Hall–Kier alpha value is -1.79. The van der Waals surface area contributed by atoms with Gasteiger partial charge in [-0.25, -0.2) is 4.39 Å². The molecule has 1 aromatic heterocycles. The van der Waals surface area contributed by atoms with E-state index < -0.39 is 0 Å². The molecule has 0 amide bonds. The quantitative estimate of drug-likeness (QED) is 0.917. The first-order valence-corrected chi connectivity index (χ1v) is 8.00. The van der Waals surface area contributed by atoms with E-state index in [4.69, 9.17) is 10.3 Å². The zero-order valence-electron chi connectivity index (χ0n) is 13.6. The van der Waals surface area contributed by atoms with Gasteiger partial charge in [0.15, 0.2) is 5.82 Å². The summed E-state index contributed by atoms with van der Waals surface area (Å²) < 4.78 is 18.4. The van der Waals surface area contributed by atoms with Crippen molar-refractivity contribution in [3.63, 3.8) is 0 Å². The second-order valence-corrected chi connectivity index (χ2v) is 6.76. The van der Waals surface area contributed by atoms with Crippen molar-refractivity contribution in [2.75, 3.05) is 19.6 Å². The van der Waals surface area contributed by atoms with Crippen LogP contribution in [0.25, 0.3) is 0 Å². The SMILES string of the molecule is CC(c1nc(Cc2ccc(F)cc2)no1)N1CCC(C)(CN)C1. The molecule has 124 valence electrons. The maximum absolute atomic E-state index is 12.9. The third-order valence-corrected chi connectivity index (χ3v) is 4.74. The first-order valence-electron chi connectivity index (χ1n) is 8.00. The highest BCUT2D eigenvalue weighted by atomic mass is 19.1. The highest BCUT2D eigenvalue weighted by molar-refractivity contribution is 5.19. The lowest BCUT2D eigenvalue weighted by Gasteiger charge is -2.25. The molecule has 0 aliphatic carbocycles. The fraction of sp³-hybridized carbons (Fsp3) is 0.529. The molecule has 2 atom stereocenters. The summed E-state index contributed by atoms with van der Waals surface area (Å²) in [6.07, 6.45) is 1.63. The summed E-state index contributed by atoms with van der Waals surface area (Å²) >= 11 is 0. The van der Waals surface area contributed by atoms with Crippen molar-refractivity contribution >= 4 is 0 Å². The van der Waals surface area contributed by atoms with Gasteiger partial charge in [0.05, 0.1) is 6.04 Å². The Balaban J connectivity index is 1.66. The maximum atomic E-state index is 12.9. The molecule has 2 aromatic rings. The van der Waals surface area contributed by atoms with Gasteiger partial charge in [0, 0.05) is 13.0 Å². The molecule has 3 rings (SSSR count). The van der Waals surface area contributed by atoms with Gasteiger partial charge in [0.25, 0.3) is 0 Å². The fourth-order valence-electron chi connectivity index (χ4n) is 3.01. The number of hydrogen-bond acceptors (Lipinski definition) is 5. The highest BCUT2D eigenvalue weighted by Gasteiger charge is 2.36. The van der Waals surface area contributed by atoms with Crippen molar-refractivity contribution in [2.45, 2.75) is 32.7 Å². The number of aromatic nitrogens is 2. The van der Waals surface area contributed by atoms with Gasteiger partial charge in [-0.2, -0.15) is 4.98 Å². The van der Waals surface area contributed by atoms with Crippen LogP contribution in [0.4, 0.5) is 4.39 Å². The molecule has 1 saturated heterocycles. The summed E-state index contributed by atoms with van der Waals surface area (Å²) in [5, 5.41) is 4.05. The molecule has 6 heteroatoms. The molecule has 0 saturated carbocycles. The second kappa shape index (κ2) is 6.37. The Morgan fingerprint density at radius 3 is 2.78 bits per heavy atom. The number of rotatable bonds is 5. The van der Waals surface area contributed by atoms with Crippen LogP contribution >= 0.6 is 0 Å². The molecular weight excluding hydrogens is 295 g/mol. The minimum atomic E-state index is -0.242. The number of hydrogen-bond donors (Lipinski definition) is 1. The molecule has 1 aliphatic heterocycles. The monoisotopic (exact) mass is 318 g/mol. The minimum Gasteiger partial charge on any atom is -0.338 e. The molecule has 23 heavy (non-hydrogen) atoms. The normalized spacial score (nSPS) is 23.3. The van der Waals surface area contributed by atoms with Crippen molar-refractivity contribution in [2.24, 2.45) is 11.1 Å². The number of benzene rings is 1. The van der Waals surface area contributed by atoms with Gasteiger partial charge >= 0.3 is 0 Å². The van der Waals surface area contributed by atoms with Crippen LogP contribution in [0.3, 0.4) is 0 Å². The first-order chi connectivity index (χ1) is 11.0. The molecule has 1 aromatic carbocycles. The Morgan fingerprint density at radius 2 is 2.13 bits per heavy atom. The van der Waals surface area contributed by atoms with Crippen LogP contribution in [0, 0.1) is 11.2 Å². The van der Waals surface area contributed by atoms with Gasteiger partial charge in [-0.15, -0.1) is 0 Å². The van der Waals surface area contributed by atoms with Crippen LogP contribution in [0.1, 0.15) is 43.6 Å². The predicted octanol–water partition coefficient (Wildman–Crippen LogP) is 2.53. The van der Waals surface area contributed by atoms with E-state index in [-0.39, 0.29) is 17.3 Å². The zero-order valence-corrected chi connectivity index (χ0v) is 13.6. The molecule has 0 bridgehead atoms. The standard InChI is InChI=1S/C17H23FN4O/c1-12(22-8-7-17(2,10-19)11-22)16-20-15(21-23-16)9-13-3-5-14(18)6-4-13/h3-6,12H,7-11,19H2,1-2H3. The summed E-state index contributed by atoms with van der Waals surface area (Å²) in [4.78, 5) is 6.84. The summed E-state index contributed by atoms with van der Waals surface area (Å²) in [5.41, 5.74) is 7.00. The van der Waals surface area contributed by atoms with Crippen LogP contribution in [0.2, 0.25) is 0 Å². The smallest absolute Gasteiger partial charge is 0.243 e. The Bertz CT molecular complexity index is 657. The van der Waals surface area contributed by atoms with Gasteiger partial charge in [0.1, 0.15) is 5.82 Å². The highest BCUT2D eigenvalue weighted by Crippen LogP contribution is 2.33. The van der Waals surface area contributed by atoms with Crippen LogP contribution in [-0.2, 0) is 6.42 Å². The van der Waals surface area contributed by atoms with E-state index in [0.717, 1.165) is 25.1 Å². The zero-order chi connectivity index (χ0) is 16.4.